The van der Waals surface area contributed by atoms with Crippen LogP contribution in [0, 0.1) is 6.92 Å². The van der Waals surface area contributed by atoms with Gasteiger partial charge in [0.2, 0.25) is 0 Å². The van der Waals surface area contributed by atoms with Crippen LogP contribution in [0.1, 0.15) is 5.56 Å². The van der Waals surface area contributed by atoms with Crippen LogP contribution in [-0.2, 0) is 7.05 Å². The number of rotatable bonds is 2. The molecule has 5 nitrogen and oxygen atoms in total. The smallest absolute Gasteiger partial charge is 0.137 e. The van der Waals surface area contributed by atoms with Crippen LogP contribution in [0.4, 0.5) is 0 Å². The summed E-state index contributed by atoms with van der Waals surface area (Å²) < 4.78 is 4.74. The van der Waals surface area contributed by atoms with E-state index in [9.17, 15) is 0 Å². The highest BCUT2D eigenvalue weighted by Gasteiger charge is 2.15. The van der Waals surface area contributed by atoms with E-state index in [-0.39, 0.29) is 0 Å². The molecule has 0 fully saturated rings. The first-order valence-corrected chi connectivity index (χ1v) is 8.00. The topological polar surface area (TPSA) is 48.5 Å². The van der Waals surface area contributed by atoms with Crippen molar-refractivity contribution in [2.75, 3.05) is 0 Å². The van der Waals surface area contributed by atoms with Crippen molar-refractivity contribution in [1.29, 1.82) is 0 Å². The normalized spacial score (nSPS) is 11.3. The molecule has 0 atom stereocenters. The van der Waals surface area contributed by atoms with E-state index in [0.29, 0.717) is 0 Å². The van der Waals surface area contributed by atoms with E-state index in [1.165, 1.54) is 0 Å². The van der Waals surface area contributed by atoms with Gasteiger partial charge >= 0.3 is 0 Å². The Labute approximate surface area is 141 Å². The summed E-state index contributed by atoms with van der Waals surface area (Å²) in [5.41, 5.74) is 4.28. The summed E-state index contributed by atoms with van der Waals surface area (Å²) >= 11 is 3.46. The lowest BCUT2D eigenvalue weighted by Crippen LogP contribution is -1.99. The maximum absolute atomic E-state index is 4.59. The highest BCUT2D eigenvalue weighted by Crippen LogP contribution is 2.31. The standard InChI is InChI=1S/C17H14BrN5/c1-11-3-4-17(20-7-11)23-14(13-9-21-22(2)10-13)5-12-8-19-16(18)6-15(12)23/h3-10H,1-2H3. The predicted molar refractivity (Wildman–Crippen MR) is 93.5 cm³/mol. The monoisotopic (exact) mass is 367 g/mol. The minimum Gasteiger partial charge on any atom is -0.294 e. The van der Waals surface area contributed by atoms with Crippen LogP contribution >= 0.6 is 15.9 Å². The van der Waals surface area contributed by atoms with Gasteiger partial charge in [-0.05, 0) is 46.6 Å². The first-order chi connectivity index (χ1) is 11.1. The average molecular weight is 368 g/mol. The van der Waals surface area contributed by atoms with Crippen LogP contribution in [0.5, 0.6) is 0 Å². The molecule has 4 aromatic heterocycles. The van der Waals surface area contributed by atoms with Crippen LogP contribution in [0.2, 0.25) is 0 Å². The molecule has 4 rings (SSSR count). The van der Waals surface area contributed by atoms with Crippen molar-refractivity contribution in [3.63, 3.8) is 0 Å². The maximum atomic E-state index is 4.59. The van der Waals surface area contributed by atoms with E-state index in [1.807, 2.05) is 50.9 Å². The third kappa shape index (κ3) is 2.45. The summed E-state index contributed by atoms with van der Waals surface area (Å²) in [6.45, 7) is 2.03. The third-order valence-electron chi connectivity index (χ3n) is 3.78. The van der Waals surface area contributed by atoms with Gasteiger partial charge in [0.25, 0.3) is 0 Å². The second-order valence-corrected chi connectivity index (χ2v) is 6.34. The minimum atomic E-state index is 0.800. The molecular weight excluding hydrogens is 354 g/mol. The Morgan fingerprint density at radius 2 is 1.91 bits per heavy atom. The fourth-order valence-corrected chi connectivity index (χ4v) is 3.00. The number of pyridine rings is 2. The maximum Gasteiger partial charge on any atom is 0.137 e. The molecule has 0 unspecified atom stereocenters. The third-order valence-corrected chi connectivity index (χ3v) is 4.21. The molecule has 0 radical (unpaired) electrons. The van der Waals surface area contributed by atoms with Crippen molar-refractivity contribution in [3.8, 4) is 17.1 Å². The quantitative estimate of drug-likeness (QED) is 0.505. The molecule has 4 heterocycles. The SMILES string of the molecule is Cc1ccc(-n2c(-c3cnn(C)c3)cc3cnc(Br)cc32)nc1. The Balaban J connectivity index is 2.05. The summed E-state index contributed by atoms with van der Waals surface area (Å²) in [4.78, 5) is 8.92. The van der Waals surface area contributed by atoms with Crippen molar-refractivity contribution in [3.05, 3.63) is 59.2 Å². The van der Waals surface area contributed by atoms with E-state index >= 15 is 0 Å². The zero-order chi connectivity index (χ0) is 16.0. The molecule has 23 heavy (non-hydrogen) atoms. The first kappa shape index (κ1) is 14.1. The molecule has 0 aliphatic carbocycles. The lowest BCUT2D eigenvalue weighted by molar-refractivity contribution is 0.768. The Kier molecular flexibility index (Phi) is 3.27. The second kappa shape index (κ2) is 5.31. The fraction of sp³-hybridized carbons (Fsp3) is 0.118. The summed E-state index contributed by atoms with van der Waals surface area (Å²) in [5.74, 6) is 0.877. The van der Waals surface area contributed by atoms with E-state index in [1.54, 1.807) is 4.68 Å². The van der Waals surface area contributed by atoms with E-state index in [4.69, 9.17) is 0 Å². The van der Waals surface area contributed by atoms with Crippen LogP contribution in [-0.4, -0.2) is 24.3 Å². The number of aryl methyl sites for hydroxylation is 2. The zero-order valence-electron chi connectivity index (χ0n) is 12.7. The number of hydrogen-bond donors (Lipinski definition) is 0. The second-order valence-electron chi connectivity index (χ2n) is 5.53. The largest absolute Gasteiger partial charge is 0.294 e. The summed E-state index contributed by atoms with van der Waals surface area (Å²) in [7, 11) is 1.92. The van der Waals surface area contributed by atoms with Gasteiger partial charge in [0, 0.05) is 36.6 Å². The van der Waals surface area contributed by atoms with Crippen molar-refractivity contribution < 1.29 is 0 Å². The molecular formula is C17H14BrN5. The lowest BCUT2D eigenvalue weighted by Gasteiger charge is -2.09. The molecule has 0 aliphatic rings. The molecule has 4 aromatic rings. The molecule has 0 aliphatic heterocycles. The minimum absolute atomic E-state index is 0.800. The van der Waals surface area contributed by atoms with Gasteiger partial charge in [-0.15, -0.1) is 0 Å². The average Bonchev–Trinajstić information content (AvgIpc) is 3.11. The highest BCUT2D eigenvalue weighted by molar-refractivity contribution is 9.10. The summed E-state index contributed by atoms with van der Waals surface area (Å²) in [5, 5.41) is 5.35. The number of aromatic nitrogens is 5. The van der Waals surface area contributed by atoms with Gasteiger partial charge in [-0.3, -0.25) is 9.25 Å². The van der Waals surface area contributed by atoms with Crippen LogP contribution in [0.25, 0.3) is 28.0 Å². The van der Waals surface area contributed by atoms with Gasteiger partial charge in [-0.1, -0.05) is 6.07 Å². The Hall–Kier alpha value is -2.47. The lowest BCUT2D eigenvalue weighted by atomic mass is 10.2. The Morgan fingerprint density at radius 3 is 2.61 bits per heavy atom. The molecule has 0 saturated heterocycles. The number of nitrogens with zero attached hydrogens (tertiary/aromatic N) is 5. The molecule has 0 aromatic carbocycles. The molecule has 0 N–H and O–H groups in total. The van der Waals surface area contributed by atoms with Crippen molar-refractivity contribution in [1.82, 2.24) is 24.3 Å². The fourth-order valence-electron chi connectivity index (χ4n) is 2.68. The van der Waals surface area contributed by atoms with Gasteiger partial charge in [0.1, 0.15) is 10.4 Å². The van der Waals surface area contributed by atoms with E-state index < -0.39 is 0 Å². The van der Waals surface area contributed by atoms with Crippen molar-refractivity contribution in [2.24, 2.45) is 7.05 Å². The van der Waals surface area contributed by atoms with Gasteiger partial charge in [0.05, 0.1) is 17.4 Å². The number of halogens is 1. The Bertz CT molecular complexity index is 998. The van der Waals surface area contributed by atoms with Crippen LogP contribution in [0.3, 0.4) is 0 Å². The molecule has 6 heteroatoms. The van der Waals surface area contributed by atoms with E-state index in [0.717, 1.165) is 38.1 Å². The van der Waals surface area contributed by atoms with Gasteiger partial charge < -0.3 is 0 Å². The summed E-state index contributed by atoms with van der Waals surface area (Å²) in [6.07, 6.45) is 7.61. The first-order valence-electron chi connectivity index (χ1n) is 7.21. The van der Waals surface area contributed by atoms with Crippen LogP contribution < -0.4 is 0 Å². The molecule has 0 amide bonds. The predicted octanol–water partition coefficient (Wildman–Crippen LogP) is 3.89. The number of fused-ring (bicyclic) bond motifs is 1. The zero-order valence-corrected chi connectivity index (χ0v) is 14.3. The highest BCUT2D eigenvalue weighted by atomic mass is 79.9. The van der Waals surface area contributed by atoms with Gasteiger partial charge in [0.15, 0.2) is 0 Å². The summed E-state index contributed by atoms with van der Waals surface area (Å²) in [6, 6.07) is 8.23. The van der Waals surface area contributed by atoms with E-state index in [2.05, 4.69) is 47.7 Å². The van der Waals surface area contributed by atoms with Gasteiger partial charge in [-0.25, -0.2) is 9.97 Å². The molecule has 114 valence electrons. The van der Waals surface area contributed by atoms with Crippen molar-refractivity contribution in [2.45, 2.75) is 6.92 Å². The Morgan fingerprint density at radius 1 is 1.04 bits per heavy atom. The number of hydrogen-bond acceptors (Lipinski definition) is 3. The molecule has 0 spiro atoms. The van der Waals surface area contributed by atoms with Crippen molar-refractivity contribution >= 4 is 26.8 Å². The molecule has 0 saturated carbocycles. The van der Waals surface area contributed by atoms with Crippen LogP contribution in [0.15, 0.2) is 53.7 Å². The van der Waals surface area contributed by atoms with Gasteiger partial charge in [-0.2, -0.15) is 5.10 Å². The molecule has 0 bridgehead atoms.